The predicted molar refractivity (Wildman–Crippen MR) is 104 cm³/mol. The first-order valence-electron chi connectivity index (χ1n) is 8.82. The Morgan fingerprint density at radius 2 is 1.82 bits per heavy atom. The molecule has 0 saturated carbocycles. The van der Waals surface area contributed by atoms with Crippen LogP contribution < -0.4 is 14.8 Å². The van der Waals surface area contributed by atoms with Crippen LogP contribution in [0.5, 0.6) is 11.5 Å². The van der Waals surface area contributed by atoms with Crippen molar-refractivity contribution >= 4 is 17.5 Å². The number of ether oxygens (including phenoxy) is 2. The van der Waals surface area contributed by atoms with Gasteiger partial charge in [-0.25, -0.2) is 0 Å². The summed E-state index contributed by atoms with van der Waals surface area (Å²) >= 11 is 0. The lowest BCUT2D eigenvalue weighted by Crippen LogP contribution is -2.27. The van der Waals surface area contributed by atoms with E-state index in [2.05, 4.69) is 15.5 Å². The van der Waals surface area contributed by atoms with Gasteiger partial charge in [-0.3, -0.25) is 14.7 Å². The molecule has 1 aromatic heterocycles. The van der Waals surface area contributed by atoms with E-state index >= 15 is 0 Å². The minimum Gasteiger partial charge on any atom is -0.493 e. The third kappa shape index (κ3) is 3.00. The molecule has 0 radical (unpaired) electrons. The van der Waals surface area contributed by atoms with Crippen molar-refractivity contribution in [1.82, 2.24) is 10.2 Å². The topological polar surface area (TPSA) is 93.3 Å². The van der Waals surface area contributed by atoms with E-state index in [9.17, 15) is 9.59 Å². The van der Waals surface area contributed by atoms with E-state index in [1.165, 1.54) is 14.2 Å². The Morgan fingerprint density at radius 1 is 1.07 bits per heavy atom. The molecule has 3 aromatic rings. The van der Waals surface area contributed by atoms with Crippen LogP contribution in [0.2, 0.25) is 0 Å². The lowest BCUT2D eigenvalue weighted by molar-refractivity contribution is -0.116. The van der Waals surface area contributed by atoms with Crippen LogP contribution in [0.15, 0.2) is 48.5 Å². The van der Waals surface area contributed by atoms with Gasteiger partial charge in [0.25, 0.3) is 0 Å². The van der Waals surface area contributed by atoms with Crippen molar-refractivity contribution in [2.24, 2.45) is 0 Å². The van der Waals surface area contributed by atoms with Crippen LogP contribution in [0.4, 0.5) is 5.82 Å². The third-order valence-corrected chi connectivity index (χ3v) is 4.85. The van der Waals surface area contributed by atoms with Crippen LogP contribution in [0.3, 0.4) is 0 Å². The summed E-state index contributed by atoms with van der Waals surface area (Å²) < 4.78 is 10.5. The summed E-state index contributed by atoms with van der Waals surface area (Å²) in [4.78, 5) is 25.5. The van der Waals surface area contributed by atoms with Gasteiger partial charge in [0.15, 0.2) is 23.1 Å². The van der Waals surface area contributed by atoms with E-state index in [-0.39, 0.29) is 18.1 Å². The van der Waals surface area contributed by atoms with Crippen LogP contribution in [0.25, 0.3) is 11.3 Å². The average molecular weight is 377 g/mol. The number of benzene rings is 2. The van der Waals surface area contributed by atoms with Gasteiger partial charge in [0.1, 0.15) is 0 Å². The molecule has 0 bridgehead atoms. The molecule has 2 heterocycles. The normalized spacial score (nSPS) is 15.5. The van der Waals surface area contributed by atoms with Gasteiger partial charge >= 0.3 is 0 Å². The van der Waals surface area contributed by atoms with Gasteiger partial charge < -0.3 is 14.8 Å². The minimum absolute atomic E-state index is 0.0551. The molecule has 2 aromatic carbocycles. The zero-order valence-corrected chi connectivity index (χ0v) is 15.5. The number of hydrogen-bond acceptors (Lipinski definition) is 5. The molecule has 142 valence electrons. The van der Waals surface area contributed by atoms with Gasteiger partial charge in [-0.1, -0.05) is 30.3 Å². The lowest BCUT2D eigenvalue weighted by Gasteiger charge is -2.22. The van der Waals surface area contributed by atoms with Crippen molar-refractivity contribution in [1.29, 1.82) is 0 Å². The number of H-pyrrole nitrogens is 1. The highest BCUT2D eigenvalue weighted by molar-refractivity contribution is 6.09. The quantitative estimate of drug-likeness (QED) is 0.665. The Kier molecular flexibility index (Phi) is 4.57. The van der Waals surface area contributed by atoms with E-state index in [0.717, 1.165) is 11.3 Å². The maximum Gasteiger partial charge on any atom is 0.226 e. The maximum absolute atomic E-state index is 13.3. The molecule has 0 saturated heterocycles. The molecule has 7 heteroatoms. The number of fused-ring (bicyclic) bond motifs is 1. The Balaban J connectivity index is 1.78. The fourth-order valence-corrected chi connectivity index (χ4v) is 3.50. The van der Waals surface area contributed by atoms with Crippen molar-refractivity contribution in [3.63, 3.8) is 0 Å². The highest BCUT2D eigenvalue weighted by Crippen LogP contribution is 2.40. The van der Waals surface area contributed by atoms with Crippen LogP contribution in [-0.2, 0) is 4.79 Å². The number of nitrogens with one attached hydrogen (secondary N) is 2. The van der Waals surface area contributed by atoms with Gasteiger partial charge in [-0.05, 0) is 23.8 Å². The van der Waals surface area contributed by atoms with E-state index in [4.69, 9.17) is 9.47 Å². The van der Waals surface area contributed by atoms with Crippen molar-refractivity contribution in [2.45, 2.75) is 12.3 Å². The summed E-state index contributed by atoms with van der Waals surface area (Å²) in [6, 6.07) is 14.6. The summed E-state index contributed by atoms with van der Waals surface area (Å²) in [5, 5.41) is 9.93. The molecule has 4 rings (SSSR count). The number of carbonyl (C=O) groups is 2. The van der Waals surface area contributed by atoms with Crippen LogP contribution in [0.1, 0.15) is 28.3 Å². The molecule has 1 aliphatic heterocycles. The second kappa shape index (κ2) is 7.19. The van der Waals surface area contributed by atoms with Gasteiger partial charge in [0.05, 0.1) is 25.8 Å². The Morgan fingerprint density at radius 3 is 2.54 bits per heavy atom. The summed E-state index contributed by atoms with van der Waals surface area (Å²) in [6.45, 7) is 0. The predicted octanol–water partition coefficient (Wildman–Crippen LogP) is 3.40. The van der Waals surface area contributed by atoms with Gasteiger partial charge in [0.2, 0.25) is 5.91 Å². The SMILES string of the molecule is COc1ccc(C(=O)C2CC(=O)Nc3n[nH]c(-c4ccccc4)c32)cc1OC. The smallest absolute Gasteiger partial charge is 0.226 e. The van der Waals surface area contributed by atoms with E-state index < -0.39 is 5.92 Å². The lowest BCUT2D eigenvalue weighted by atomic mass is 9.84. The highest BCUT2D eigenvalue weighted by Gasteiger charge is 2.36. The molecule has 0 spiro atoms. The molecule has 7 nitrogen and oxygen atoms in total. The summed E-state index contributed by atoms with van der Waals surface area (Å²) in [5.74, 6) is 0.344. The fourth-order valence-electron chi connectivity index (χ4n) is 3.50. The monoisotopic (exact) mass is 377 g/mol. The average Bonchev–Trinajstić information content (AvgIpc) is 3.16. The van der Waals surface area contributed by atoms with Crippen molar-refractivity contribution in [3.05, 3.63) is 59.7 Å². The first kappa shape index (κ1) is 17.8. The number of aromatic nitrogens is 2. The number of Topliss-reactive ketones (excluding diaryl/α,β-unsaturated/α-hetero) is 1. The molecule has 0 aliphatic carbocycles. The van der Waals surface area contributed by atoms with E-state index in [1.54, 1.807) is 18.2 Å². The summed E-state index contributed by atoms with van der Waals surface area (Å²) in [7, 11) is 3.05. The number of amides is 1. The molecule has 28 heavy (non-hydrogen) atoms. The number of methoxy groups -OCH3 is 2. The summed E-state index contributed by atoms with van der Waals surface area (Å²) in [5.41, 5.74) is 2.78. The molecular weight excluding hydrogens is 358 g/mol. The van der Waals surface area contributed by atoms with Gasteiger partial charge in [-0.2, -0.15) is 5.10 Å². The van der Waals surface area contributed by atoms with Gasteiger partial charge in [-0.15, -0.1) is 0 Å². The van der Waals surface area contributed by atoms with E-state index in [1.807, 2.05) is 30.3 Å². The van der Waals surface area contributed by atoms with Gasteiger partial charge in [0, 0.05) is 17.5 Å². The molecule has 0 fully saturated rings. The Bertz CT molecular complexity index is 1040. The minimum atomic E-state index is -0.643. The number of aromatic amines is 1. The largest absolute Gasteiger partial charge is 0.493 e. The summed E-state index contributed by atoms with van der Waals surface area (Å²) in [6.07, 6.45) is 0.0551. The third-order valence-electron chi connectivity index (χ3n) is 4.85. The number of nitrogens with zero attached hydrogens (tertiary/aromatic N) is 1. The fraction of sp³-hybridized carbons (Fsp3) is 0.190. The Labute approximate surface area is 161 Å². The zero-order chi connectivity index (χ0) is 19.7. The zero-order valence-electron chi connectivity index (χ0n) is 15.5. The number of carbonyl (C=O) groups excluding carboxylic acids is 2. The molecular formula is C21H19N3O4. The second-order valence-corrected chi connectivity index (χ2v) is 6.47. The molecule has 1 aliphatic rings. The van der Waals surface area contributed by atoms with Crippen LogP contribution in [-0.4, -0.2) is 36.1 Å². The number of anilines is 1. The molecule has 2 N–H and O–H groups in total. The standard InChI is InChI=1S/C21H19N3O4/c1-27-15-9-8-13(10-16(15)28-2)20(26)14-11-17(25)22-21-18(14)19(23-24-21)12-6-4-3-5-7-12/h3-10,14H,11H2,1-2H3,(H2,22,23,24,25). The Hall–Kier alpha value is -3.61. The number of rotatable bonds is 5. The molecule has 1 unspecified atom stereocenters. The highest BCUT2D eigenvalue weighted by atomic mass is 16.5. The first-order valence-corrected chi connectivity index (χ1v) is 8.82. The van der Waals surface area contributed by atoms with Crippen molar-refractivity contribution in [2.75, 3.05) is 19.5 Å². The molecule has 1 atom stereocenters. The van der Waals surface area contributed by atoms with E-state index in [0.29, 0.717) is 28.4 Å². The maximum atomic E-state index is 13.3. The first-order chi connectivity index (χ1) is 13.6. The van der Waals surface area contributed by atoms with Crippen LogP contribution in [0, 0.1) is 0 Å². The second-order valence-electron chi connectivity index (χ2n) is 6.47. The number of ketones is 1. The van der Waals surface area contributed by atoms with Crippen LogP contribution >= 0.6 is 0 Å². The van der Waals surface area contributed by atoms with Crippen molar-refractivity contribution in [3.8, 4) is 22.8 Å². The number of hydrogen-bond donors (Lipinski definition) is 2. The molecule has 1 amide bonds. The van der Waals surface area contributed by atoms with Crippen molar-refractivity contribution < 1.29 is 19.1 Å².